The minimum Gasteiger partial charge on any atom is -0.481 e. The Labute approximate surface area is 161 Å². The lowest BCUT2D eigenvalue weighted by Crippen LogP contribution is -2.08. The standard InChI is InChI=1S/C20H18N6O2/c1-27-16-3-2-4-17(26-16)28-15-7-5-14(6-8-15)9-10-22-19-18-20(25-13-24-19)23-12-11-21-18/h2-8,11-13H,9-10H2,1H3,(H,22,23,24,25). The highest BCUT2D eigenvalue weighted by Crippen LogP contribution is 2.22. The fraction of sp³-hybridized carbons (Fsp3) is 0.150. The number of nitrogens with zero attached hydrogens (tertiary/aromatic N) is 5. The Hall–Kier alpha value is -3.81. The van der Waals surface area contributed by atoms with Gasteiger partial charge in [-0.05, 0) is 24.1 Å². The second-order valence-corrected chi connectivity index (χ2v) is 5.89. The third-order valence-corrected chi connectivity index (χ3v) is 4.03. The van der Waals surface area contributed by atoms with Gasteiger partial charge in [0.25, 0.3) is 0 Å². The molecule has 1 N–H and O–H groups in total. The van der Waals surface area contributed by atoms with Gasteiger partial charge in [-0.2, -0.15) is 4.98 Å². The number of ether oxygens (including phenoxy) is 2. The first-order valence-corrected chi connectivity index (χ1v) is 8.75. The quantitative estimate of drug-likeness (QED) is 0.527. The molecular weight excluding hydrogens is 356 g/mol. The molecule has 0 aliphatic heterocycles. The maximum atomic E-state index is 5.76. The van der Waals surface area contributed by atoms with Crippen LogP contribution in [0.4, 0.5) is 5.82 Å². The lowest BCUT2D eigenvalue weighted by Gasteiger charge is -2.09. The summed E-state index contributed by atoms with van der Waals surface area (Å²) in [5, 5.41) is 3.29. The minimum absolute atomic E-state index is 0.491. The summed E-state index contributed by atoms with van der Waals surface area (Å²) in [5.74, 6) is 2.41. The van der Waals surface area contributed by atoms with Crippen LogP contribution in [0.25, 0.3) is 11.2 Å². The van der Waals surface area contributed by atoms with Crippen molar-refractivity contribution in [2.75, 3.05) is 19.0 Å². The van der Waals surface area contributed by atoms with E-state index in [2.05, 4.69) is 30.2 Å². The molecule has 3 heterocycles. The van der Waals surface area contributed by atoms with Crippen molar-refractivity contribution in [2.45, 2.75) is 6.42 Å². The van der Waals surface area contributed by atoms with Crippen LogP contribution in [0, 0.1) is 0 Å². The Morgan fingerprint density at radius 1 is 0.893 bits per heavy atom. The van der Waals surface area contributed by atoms with Gasteiger partial charge in [-0.25, -0.2) is 19.9 Å². The average molecular weight is 374 g/mol. The van der Waals surface area contributed by atoms with E-state index in [1.807, 2.05) is 30.3 Å². The number of nitrogens with one attached hydrogen (secondary N) is 1. The summed E-state index contributed by atoms with van der Waals surface area (Å²) in [6.07, 6.45) is 5.55. The number of hydrogen-bond acceptors (Lipinski definition) is 8. The molecule has 0 fully saturated rings. The van der Waals surface area contributed by atoms with E-state index >= 15 is 0 Å². The SMILES string of the molecule is COc1cccc(Oc2ccc(CCNc3ncnc4nccnc34)cc2)n1. The topological polar surface area (TPSA) is 94.9 Å². The van der Waals surface area contributed by atoms with E-state index in [1.165, 1.54) is 11.9 Å². The zero-order valence-corrected chi connectivity index (χ0v) is 15.2. The Balaban J connectivity index is 1.35. The molecule has 0 atom stereocenters. The van der Waals surface area contributed by atoms with Crippen molar-refractivity contribution in [3.8, 4) is 17.5 Å². The van der Waals surface area contributed by atoms with Crippen LogP contribution in [0.3, 0.4) is 0 Å². The largest absolute Gasteiger partial charge is 0.481 e. The third-order valence-electron chi connectivity index (χ3n) is 4.03. The number of anilines is 1. The lowest BCUT2D eigenvalue weighted by atomic mass is 10.1. The number of hydrogen-bond donors (Lipinski definition) is 1. The average Bonchev–Trinajstić information content (AvgIpc) is 2.75. The predicted octanol–water partition coefficient (Wildman–Crippen LogP) is 3.27. The lowest BCUT2D eigenvalue weighted by molar-refractivity contribution is 0.383. The molecular formula is C20H18N6O2. The Kier molecular flexibility index (Phi) is 5.19. The molecule has 4 rings (SSSR count). The van der Waals surface area contributed by atoms with E-state index in [-0.39, 0.29) is 0 Å². The number of pyridine rings is 1. The molecule has 0 unspecified atom stereocenters. The first-order chi connectivity index (χ1) is 13.8. The molecule has 28 heavy (non-hydrogen) atoms. The molecule has 0 aliphatic rings. The molecule has 0 radical (unpaired) electrons. The molecule has 8 heteroatoms. The smallest absolute Gasteiger partial charge is 0.222 e. The fourth-order valence-corrected chi connectivity index (χ4v) is 2.66. The van der Waals surface area contributed by atoms with Gasteiger partial charge in [-0.3, -0.25) is 0 Å². The number of rotatable bonds is 7. The molecule has 3 aromatic heterocycles. The Morgan fingerprint density at radius 2 is 1.71 bits per heavy atom. The van der Waals surface area contributed by atoms with E-state index in [1.54, 1.807) is 31.6 Å². The number of benzene rings is 1. The summed E-state index contributed by atoms with van der Waals surface area (Å²) in [6, 6.07) is 13.3. The van der Waals surface area contributed by atoms with Crippen molar-refractivity contribution in [1.82, 2.24) is 24.9 Å². The first kappa shape index (κ1) is 17.6. The Morgan fingerprint density at radius 3 is 2.57 bits per heavy atom. The van der Waals surface area contributed by atoms with Gasteiger partial charge in [0, 0.05) is 31.1 Å². The second-order valence-electron chi connectivity index (χ2n) is 5.89. The number of aromatic nitrogens is 5. The van der Waals surface area contributed by atoms with Crippen LogP contribution >= 0.6 is 0 Å². The number of fused-ring (bicyclic) bond motifs is 1. The van der Waals surface area contributed by atoms with Crippen molar-refractivity contribution in [2.24, 2.45) is 0 Å². The Bertz CT molecular complexity index is 1070. The molecule has 8 nitrogen and oxygen atoms in total. The minimum atomic E-state index is 0.491. The highest BCUT2D eigenvalue weighted by molar-refractivity contribution is 5.81. The van der Waals surface area contributed by atoms with E-state index < -0.39 is 0 Å². The summed E-state index contributed by atoms with van der Waals surface area (Å²) < 4.78 is 10.9. The monoisotopic (exact) mass is 374 g/mol. The van der Waals surface area contributed by atoms with Gasteiger partial charge in [0.05, 0.1) is 7.11 Å². The second kappa shape index (κ2) is 8.26. The van der Waals surface area contributed by atoms with Crippen LogP contribution in [-0.2, 0) is 6.42 Å². The molecule has 0 bridgehead atoms. The van der Waals surface area contributed by atoms with Gasteiger partial charge >= 0.3 is 0 Å². The van der Waals surface area contributed by atoms with E-state index in [9.17, 15) is 0 Å². The molecule has 0 spiro atoms. The van der Waals surface area contributed by atoms with Crippen molar-refractivity contribution in [1.29, 1.82) is 0 Å². The van der Waals surface area contributed by atoms with Gasteiger partial charge in [0.1, 0.15) is 17.6 Å². The highest BCUT2D eigenvalue weighted by atomic mass is 16.5. The van der Waals surface area contributed by atoms with Gasteiger partial charge in [0.2, 0.25) is 11.8 Å². The maximum absolute atomic E-state index is 5.76. The van der Waals surface area contributed by atoms with Crippen LogP contribution < -0.4 is 14.8 Å². The molecule has 0 saturated heterocycles. The van der Waals surface area contributed by atoms with Crippen molar-refractivity contribution >= 4 is 17.0 Å². The predicted molar refractivity (Wildman–Crippen MR) is 105 cm³/mol. The summed E-state index contributed by atoms with van der Waals surface area (Å²) in [6.45, 7) is 0.709. The van der Waals surface area contributed by atoms with Gasteiger partial charge in [-0.1, -0.05) is 18.2 Å². The van der Waals surface area contributed by atoms with Crippen molar-refractivity contribution < 1.29 is 9.47 Å². The summed E-state index contributed by atoms with van der Waals surface area (Å²) in [4.78, 5) is 21.1. The highest BCUT2D eigenvalue weighted by Gasteiger charge is 2.05. The normalized spacial score (nSPS) is 10.6. The van der Waals surface area contributed by atoms with Crippen molar-refractivity contribution in [3.63, 3.8) is 0 Å². The summed E-state index contributed by atoms with van der Waals surface area (Å²) >= 11 is 0. The summed E-state index contributed by atoms with van der Waals surface area (Å²) in [7, 11) is 1.58. The first-order valence-electron chi connectivity index (χ1n) is 8.75. The van der Waals surface area contributed by atoms with E-state index in [4.69, 9.17) is 9.47 Å². The molecule has 140 valence electrons. The third kappa shape index (κ3) is 4.12. The maximum Gasteiger partial charge on any atom is 0.222 e. The van der Waals surface area contributed by atoms with Crippen LogP contribution in [-0.4, -0.2) is 38.6 Å². The van der Waals surface area contributed by atoms with Gasteiger partial charge in [-0.15, -0.1) is 0 Å². The van der Waals surface area contributed by atoms with Gasteiger partial charge < -0.3 is 14.8 Å². The van der Waals surface area contributed by atoms with Crippen LogP contribution in [0.5, 0.6) is 17.5 Å². The van der Waals surface area contributed by atoms with E-state index in [0.29, 0.717) is 35.3 Å². The molecule has 1 aromatic carbocycles. The summed E-state index contributed by atoms with van der Waals surface area (Å²) in [5.41, 5.74) is 2.41. The zero-order chi connectivity index (χ0) is 19.2. The molecule has 4 aromatic rings. The van der Waals surface area contributed by atoms with Crippen molar-refractivity contribution in [3.05, 3.63) is 66.7 Å². The zero-order valence-electron chi connectivity index (χ0n) is 15.2. The van der Waals surface area contributed by atoms with Crippen LogP contribution in [0.1, 0.15) is 5.56 Å². The molecule has 0 saturated carbocycles. The van der Waals surface area contributed by atoms with Crippen LogP contribution in [0.15, 0.2) is 61.2 Å². The van der Waals surface area contributed by atoms with E-state index in [0.717, 1.165) is 12.2 Å². The molecule has 0 amide bonds. The fourth-order valence-electron chi connectivity index (χ4n) is 2.66. The van der Waals surface area contributed by atoms with Gasteiger partial charge in [0.15, 0.2) is 11.5 Å². The van der Waals surface area contributed by atoms with Crippen LogP contribution in [0.2, 0.25) is 0 Å². The molecule has 0 aliphatic carbocycles. The number of methoxy groups -OCH3 is 1.